The lowest BCUT2D eigenvalue weighted by Crippen LogP contribution is -2.46. The molecule has 1 fully saturated rings. The van der Waals surface area contributed by atoms with Gasteiger partial charge in [0.1, 0.15) is 11.6 Å². The normalized spacial score (nSPS) is 13.9. The molecule has 0 atom stereocenters. The van der Waals surface area contributed by atoms with Gasteiger partial charge in [0.25, 0.3) is 5.56 Å². The molecule has 1 aliphatic heterocycles. The molecule has 1 aliphatic rings. The van der Waals surface area contributed by atoms with Gasteiger partial charge in [-0.05, 0) is 54.7 Å². The summed E-state index contributed by atoms with van der Waals surface area (Å²) >= 11 is 0. The average Bonchev–Trinajstić information content (AvgIpc) is 2.89. The van der Waals surface area contributed by atoms with E-state index in [4.69, 9.17) is 0 Å². The minimum absolute atomic E-state index is 0.0511. The number of hydrogen-bond acceptors (Lipinski definition) is 5. The van der Waals surface area contributed by atoms with E-state index in [9.17, 15) is 14.9 Å². The number of piperazine rings is 1. The summed E-state index contributed by atoms with van der Waals surface area (Å²) in [7, 11) is 0. The first kappa shape index (κ1) is 25.2. The first-order valence-corrected chi connectivity index (χ1v) is 12.4. The highest BCUT2D eigenvalue weighted by molar-refractivity contribution is 5.76. The Hall–Kier alpha value is -3.89. The van der Waals surface area contributed by atoms with Crippen molar-refractivity contribution >= 4 is 11.6 Å². The first-order valence-electron chi connectivity index (χ1n) is 12.4. The van der Waals surface area contributed by atoms with Gasteiger partial charge in [0, 0.05) is 57.1 Å². The van der Waals surface area contributed by atoms with Gasteiger partial charge in [-0.25, -0.2) is 0 Å². The Kier molecular flexibility index (Phi) is 8.19. The Bertz CT molecular complexity index is 1300. The molecule has 1 saturated heterocycles. The number of pyridine rings is 1. The van der Waals surface area contributed by atoms with E-state index in [0.717, 1.165) is 43.9 Å². The number of hydrogen-bond donors (Lipinski definition) is 2. The van der Waals surface area contributed by atoms with Crippen molar-refractivity contribution < 1.29 is 4.79 Å². The summed E-state index contributed by atoms with van der Waals surface area (Å²) in [5.41, 5.74) is 5.60. The van der Waals surface area contributed by atoms with Crippen LogP contribution in [0.5, 0.6) is 0 Å². The molecule has 2 N–H and O–H groups in total. The number of H-pyrrole nitrogens is 1. The number of benzene rings is 2. The molecule has 0 bridgehead atoms. The zero-order valence-electron chi connectivity index (χ0n) is 21.0. The van der Waals surface area contributed by atoms with E-state index in [1.807, 2.05) is 18.2 Å². The van der Waals surface area contributed by atoms with E-state index in [0.29, 0.717) is 30.6 Å². The number of rotatable bonds is 8. The number of carbonyl (C=O) groups is 1. The molecule has 186 valence electrons. The molecule has 0 aliphatic carbocycles. The number of amides is 1. The van der Waals surface area contributed by atoms with Crippen LogP contribution < -0.4 is 15.8 Å². The largest absolute Gasteiger partial charge is 0.369 e. The number of anilines is 1. The summed E-state index contributed by atoms with van der Waals surface area (Å²) in [6, 6.07) is 20.8. The van der Waals surface area contributed by atoms with E-state index in [1.165, 1.54) is 11.3 Å². The summed E-state index contributed by atoms with van der Waals surface area (Å²) < 4.78 is 0. The molecule has 7 nitrogen and oxygen atoms in total. The summed E-state index contributed by atoms with van der Waals surface area (Å²) in [5.74, 6) is -0.0511. The second-order valence-electron chi connectivity index (χ2n) is 9.31. The Morgan fingerprint density at radius 1 is 1.00 bits per heavy atom. The average molecular weight is 484 g/mol. The van der Waals surface area contributed by atoms with Gasteiger partial charge >= 0.3 is 0 Å². The van der Waals surface area contributed by atoms with Gasteiger partial charge in [-0.3, -0.25) is 14.5 Å². The fraction of sp³-hybridized carbons (Fsp3) is 0.345. The van der Waals surface area contributed by atoms with E-state index >= 15 is 0 Å². The maximum Gasteiger partial charge on any atom is 0.266 e. The van der Waals surface area contributed by atoms with Crippen molar-refractivity contribution in [3.63, 3.8) is 0 Å². The van der Waals surface area contributed by atoms with Crippen LogP contribution in [0.25, 0.3) is 0 Å². The SMILES string of the molecule is Cc1[nH]c(=O)c(C#N)c(C)c1CCC(=O)NCc1ccccc1CN1CCN(c2ccccc2)CC1. The molecular formula is C29H33N5O2. The molecule has 0 saturated carbocycles. The van der Waals surface area contributed by atoms with Crippen molar-refractivity contribution in [1.82, 2.24) is 15.2 Å². The maximum atomic E-state index is 12.6. The highest BCUT2D eigenvalue weighted by Gasteiger charge is 2.18. The summed E-state index contributed by atoms with van der Waals surface area (Å²) in [6.07, 6.45) is 0.768. The molecule has 1 aromatic heterocycles. The van der Waals surface area contributed by atoms with Gasteiger partial charge in [0.2, 0.25) is 5.91 Å². The van der Waals surface area contributed by atoms with Crippen LogP contribution in [0.1, 0.15) is 39.9 Å². The number of carbonyl (C=O) groups excluding carboxylic acids is 1. The van der Waals surface area contributed by atoms with Gasteiger partial charge in [-0.1, -0.05) is 42.5 Å². The maximum absolute atomic E-state index is 12.6. The smallest absolute Gasteiger partial charge is 0.266 e. The number of aromatic amines is 1. The quantitative estimate of drug-likeness (QED) is 0.512. The van der Waals surface area contributed by atoms with E-state index in [1.54, 1.807) is 13.8 Å². The van der Waals surface area contributed by atoms with Gasteiger partial charge in [0.05, 0.1) is 0 Å². The van der Waals surface area contributed by atoms with Crippen LogP contribution >= 0.6 is 0 Å². The van der Waals surface area contributed by atoms with Crippen molar-refractivity contribution in [2.75, 3.05) is 31.1 Å². The topological polar surface area (TPSA) is 92.2 Å². The van der Waals surface area contributed by atoms with Crippen LogP contribution in [0.2, 0.25) is 0 Å². The lowest BCUT2D eigenvalue weighted by atomic mass is 9.99. The number of nitriles is 1. The predicted molar refractivity (Wildman–Crippen MR) is 142 cm³/mol. The monoisotopic (exact) mass is 483 g/mol. The summed E-state index contributed by atoms with van der Waals surface area (Å²) in [5, 5.41) is 12.3. The number of para-hydroxylation sites is 1. The standard InChI is InChI=1S/C29H33N5O2/c1-21-26(22(2)32-29(36)27(21)18-30)12-13-28(35)31-19-23-8-6-7-9-24(23)20-33-14-16-34(17-15-33)25-10-4-3-5-11-25/h3-11H,12-17,19-20H2,1-2H3,(H,31,35)(H,32,36). The van der Waals surface area contributed by atoms with Gasteiger partial charge in [-0.15, -0.1) is 0 Å². The third kappa shape index (κ3) is 6.02. The summed E-state index contributed by atoms with van der Waals surface area (Å²) in [4.78, 5) is 32.2. The summed E-state index contributed by atoms with van der Waals surface area (Å²) in [6.45, 7) is 8.91. The molecular weight excluding hydrogens is 450 g/mol. The fourth-order valence-corrected chi connectivity index (χ4v) is 4.87. The highest BCUT2D eigenvalue weighted by Crippen LogP contribution is 2.19. The van der Waals surface area contributed by atoms with Crippen LogP contribution in [0.3, 0.4) is 0 Å². The minimum Gasteiger partial charge on any atom is -0.369 e. The van der Waals surface area contributed by atoms with E-state index in [-0.39, 0.29) is 17.0 Å². The molecule has 1 amide bonds. The zero-order valence-corrected chi connectivity index (χ0v) is 21.0. The Labute approximate surface area is 212 Å². The van der Waals surface area contributed by atoms with Crippen LogP contribution in [0.4, 0.5) is 5.69 Å². The molecule has 2 aromatic carbocycles. The molecule has 0 spiro atoms. The molecule has 0 unspecified atom stereocenters. The van der Waals surface area contributed by atoms with Crippen molar-refractivity contribution in [3.05, 3.63) is 98.5 Å². The van der Waals surface area contributed by atoms with Gasteiger partial charge in [0.15, 0.2) is 0 Å². The van der Waals surface area contributed by atoms with Crippen molar-refractivity contribution in [1.29, 1.82) is 5.26 Å². The lowest BCUT2D eigenvalue weighted by molar-refractivity contribution is -0.121. The number of nitrogens with one attached hydrogen (secondary N) is 2. The van der Waals surface area contributed by atoms with E-state index in [2.05, 4.69) is 62.6 Å². The number of aromatic nitrogens is 1. The van der Waals surface area contributed by atoms with Crippen LogP contribution in [-0.2, 0) is 24.3 Å². The van der Waals surface area contributed by atoms with Gasteiger partial charge in [-0.2, -0.15) is 5.26 Å². The molecule has 4 rings (SSSR count). The Balaban J connectivity index is 1.30. The Morgan fingerprint density at radius 3 is 2.36 bits per heavy atom. The van der Waals surface area contributed by atoms with Crippen LogP contribution in [0, 0.1) is 25.2 Å². The van der Waals surface area contributed by atoms with Crippen LogP contribution in [-0.4, -0.2) is 42.0 Å². The second kappa shape index (κ2) is 11.7. The zero-order chi connectivity index (χ0) is 25.5. The van der Waals surface area contributed by atoms with Crippen molar-refractivity contribution in [2.45, 2.75) is 39.8 Å². The highest BCUT2D eigenvalue weighted by atomic mass is 16.1. The van der Waals surface area contributed by atoms with Crippen LogP contribution in [0.15, 0.2) is 59.4 Å². The van der Waals surface area contributed by atoms with Crippen molar-refractivity contribution in [3.8, 4) is 6.07 Å². The third-order valence-electron chi connectivity index (χ3n) is 7.00. The number of aryl methyl sites for hydroxylation is 1. The molecule has 2 heterocycles. The molecule has 7 heteroatoms. The minimum atomic E-state index is -0.376. The second-order valence-corrected chi connectivity index (χ2v) is 9.31. The first-order chi connectivity index (χ1) is 17.5. The van der Waals surface area contributed by atoms with Gasteiger partial charge < -0.3 is 15.2 Å². The molecule has 36 heavy (non-hydrogen) atoms. The lowest BCUT2D eigenvalue weighted by Gasteiger charge is -2.36. The molecule has 3 aromatic rings. The van der Waals surface area contributed by atoms with Crippen molar-refractivity contribution in [2.24, 2.45) is 0 Å². The van der Waals surface area contributed by atoms with E-state index < -0.39 is 0 Å². The Morgan fingerprint density at radius 2 is 1.67 bits per heavy atom. The fourth-order valence-electron chi connectivity index (χ4n) is 4.87. The number of nitrogens with zero attached hydrogens (tertiary/aromatic N) is 3. The predicted octanol–water partition coefficient (Wildman–Crippen LogP) is 3.43. The molecule has 0 radical (unpaired) electrons. The third-order valence-corrected chi connectivity index (χ3v) is 7.00.